The molecule has 12 aromatic carbocycles. The number of hydrogen-bond acceptors (Lipinski definition) is 0. The average molecular weight is 789 g/mol. The van der Waals surface area contributed by atoms with E-state index in [1.165, 1.54) is 108 Å². The molecule has 12 aromatic rings. The first-order valence-electron chi connectivity index (χ1n) is 21.2. The normalized spacial score (nSPS) is 11.9. The molecule has 284 valence electrons. The highest BCUT2D eigenvalue weighted by molar-refractivity contribution is 7.20. The van der Waals surface area contributed by atoms with Crippen LogP contribution in [0.5, 0.6) is 0 Å². The van der Waals surface area contributed by atoms with Gasteiger partial charge in [-0.15, -0.1) is 0 Å². The first-order chi connectivity index (χ1) is 30.2. The molecule has 0 amide bonds. The van der Waals surface area contributed by atoms with Gasteiger partial charge in [-0.3, -0.25) is 0 Å². The Morgan fingerprint density at radius 1 is 0.213 bits per heavy atom. The lowest BCUT2D eigenvalue weighted by atomic mass is 9.87. The minimum absolute atomic E-state index is 1.22. The van der Waals surface area contributed by atoms with Crippen molar-refractivity contribution in [3.63, 3.8) is 0 Å². The van der Waals surface area contributed by atoms with Crippen molar-refractivity contribution in [2.24, 2.45) is 0 Å². The molecule has 0 bridgehead atoms. The lowest BCUT2D eigenvalue weighted by Gasteiger charge is -2.34. The van der Waals surface area contributed by atoms with Crippen molar-refractivity contribution in [2.75, 3.05) is 0 Å². The van der Waals surface area contributed by atoms with Crippen molar-refractivity contribution in [1.29, 1.82) is 0 Å². The lowest BCUT2D eigenvalue weighted by molar-refractivity contribution is 1.66. The largest absolute Gasteiger partial charge is 0.179 e. The van der Waals surface area contributed by atoms with E-state index in [0.29, 0.717) is 0 Å². The highest BCUT2D eigenvalue weighted by atomic mass is 28.3. The van der Waals surface area contributed by atoms with Crippen LogP contribution in [-0.2, 0) is 0 Å². The molecule has 0 heterocycles. The second-order valence-electron chi connectivity index (χ2n) is 16.4. The van der Waals surface area contributed by atoms with Gasteiger partial charge in [-0.25, -0.2) is 0 Å². The topological polar surface area (TPSA) is 0 Å². The summed E-state index contributed by atoms with van der Waals surface area (Å²) in [6, 6.07) is 90.8. The zero-order valence-corrected chi connectivity index (χ0v) is 34.6. The third kappa shape index (κ3) is 5.66. The Kier molecular flexibility index (Phi) is 8.30. The maximum Gasteiger partial charge on any atom is 0.179 e. The molecular formula is C60H40Si. The first kappa shape index (κ1) is 35.4. The quantitative estimate of drug-likeness (QED) is 0.0894. The lowest BCUT2D eigenvalue weighted by Crippen LogP contribution is -2.74. The van der Waals surface area contributed by atoms with Crippen LogP contribution >= 0.6 is 0 Å². The van der Waals surface area contributed by atoms with E-state index >= 15 is 0 Å². The molecule has 0 unspecified atom stereocenters. The third-order valence-corrected chi connectivity index (χ3v) is 17.9. The monoisotopic (exact) mass is 788 g/mol. The van der Waals surface area contributed by atoms with Gasteiger partial charge in [0, 0.05) is 0 Å². The predicted octanol–water partition coefficient (Wildman–Crippen LogP) is 13.3. The van der Waals surface area contributed by atoms with Gasteiger partial charge in [0.1, 0.15) is 0 Å². The molecular weight excluding hydrogens is 749 g/mol. The standard InChI is InChI=1S/C60H40Si/c1-4-16-48(17-5-1)61(49-18-6-2-7-19-49,50-20-8-3-9-21-50)51-35-34-44-36-42(31-32-45(44)39-51)43-30-28-41-29-33-46(38-47(41)37-43)58-40-59-54-24-11-10-22-52(54)53-23-12-14-26-56(53)60(59)57-27-15-13-25-55(57)58/h1-40H. The van der Waals surface area contributed by atoms with E-state index in [1.807, 2.05) is 0 Å². The van der Waals surface area contributed by atoms with E-state index in [0.717, 1.165) is 0 Å². The molecule has 0 fully saturated rings. The third-order valence-electron chi connectivity index (χ3n) is 13.1. The summed E-state index contributed by atoms with van der Waals surface area (Å²) in [4.78, 5) is 0. The van der Waals surface area contributed by atoms with Gasteiger partial charge in [0.15, 0.2) is 8.07 Å². The van der Waals surface area contributed by atoms with E-state index in [2.05, 4.69) is 243 Å². The average Bonchev–Trinajstić information content (AvgIpc) is 3.34. The molecule has 0 saturated carbocycles. The van der Waals surface area contributed by atoms with Crippen LogP contribution in [0.15, 0.2) is 243 Å². The fourth-order valence-electron chi connectivity index (χ4n) is 10.3. The van der Waals surface area contributed by atoms with Gasteiger partial charge in [0.05, 0.1) is 0 Å². The van der Waals surface area contributed by atoms with Gasteiger partial charge in [-0.1, -0.05) is 218 Å². The summed E-state index contributed by atoms with van der Waals surface area (Å²) in [6.07, 6.45) is 0. The summed E-state index contributed by atoms with van der Waals surface area (Å²) in [5, 5.41) is 20.9. The summed E-state index contributed by atoms with van der Waals surface area (Å²) in [5.41, 5.74) is 4.94. The van der Waals surface area contributed by atoms with E-state index in [9.17, 15) is 0 Å². The second kappa shape index (κ2) is 14.3. The van der Waals surface area contributed by atoms with Crippen molar-refractivity contribution >= 4 is 93.5 Å². The van der Waals surface area contributed by atoms with Gasteiger partial charge in [-0.2, -0.15) is 0 Å². The van der Waals surface area contributed by atoms with Crippen LogP contribution in [0, 0.1) is 0 Å². The Morgan fingerprint density at radius 3 is 1.20 bits per heavy atom. The smallest absolute Gasteiger partial charge is 0.0623 e. The van der Waals surface area contributed by atoms with Crippen molar-refractivity contribution in [3.8, 4) is 22.3 Å². The molecule has 0 aliphatic heterocycles. The Bertz CT molecular complexity index is 3530. The van der Waals surface area contributed by atoms with E-state index in [-0.39, 0.29) is 0 Å². The molecule has 0 N–H and O–H groups in total. The van der Waals surface area contributed by atoms with E-state index in [1.54, 1.807) is 0 Å². The highest BCUT2D eigenvalue weighted by Crippen LogP contribution is 2.43. The van der Waals surface area contributed by atoms with Crippen LogP contribution in [0.2, 0.25) is 0 Å². The maximum absolute atomic E-state index is 2.62. The summed E-state index contributed by atoms with van der Waals surface area (Å²) >= 11 is 0. The van der Waals surface area contributed by atoms with Gasteiger partial charge >= 0.3 is 0 Å². The minimum Gasteiger partial charge on any atom is -0.0623 e. The molecule has 12 rings (SSSR count). The summed E-state index contributed by atoms with van der Waals surface area (Å²) in [7, 11) is -2.62. The molecule has 0 aliphatic carbocycles. The molecule has 0 aliphatic rings. The van der Waals surface area contributed by atoms with Crippen LogP contribution in [-0.4, -0.2) is 8.07 Å². The Labute approximate surface area is 356 Å². The molecule has 61 heavy (non-hydrogen) atoms. The number of hydrogen-bond donors (Lipinski definition) is 0. The molecule has 1 heteroatoms. The van der Waals surface area contributed by atoms with Crippen molar-refractivity contribution < 1.29 is 0 Å². The molecule has 0 spiro atoms. The summed E-state index contributed by atoms with van der Waals surface area (Å²) in [5.74, 6) is 0. The molecule has 0 saturated heterocycles. The molecule has 0 radical (unpaired) electrons. The first-order valence-corrected chi connectivity index (χ1v) is 23.2. The fourth-order valence-corrected chi connectivity index (χ4v) is 15.1. The van der Waals surface area contributed by atoms with Crippen LogP contribution in [0.3, 0.4) is 0 Å². The number of fused-ring (bicyclic) bond motifs is 10. The van der Waals surface area contributed by atoms with E-state index < -0.39 is 8.07 Å². The number of benzene rings is 12. The SMILES string of the molecule is c1ccc([Si](c2ccccc2)(c2ccccc2)c2ccc3cc(-c4ccc5ccc(-c6cc7c8ccccc8c8ccccc8c7c7ccccc67)cc5c4)ccc3c2)cc1. The van der Waals surface area contributed by atoms with Crippen molar-refractivity contribution in [3.05, 3.63) is 243 Å². The molecule has 0 nitrogen and oxygen atoms in total. The van der Waals surface area contributed by atoms with Crippen molar-refractivity contribution in [2.45, 2.75) is 0 Å². The van der Waals surface area contributed by atoms with Crippen LogP contribution in [0.25, 0.3) is 86.9 Å². The Balaban J connectivity index is 0.985. The number of rotatable bonds is 6. The Hall–Kier alpha value is -7.58. The predicted molar refractivity (Wildman–Crippen MR) is 266 cm³/mol. The van der Waals surface area contributed by atoms with Crippen molar-refractivity contribution in [1.82, 2.24) is 0 Å². The second-order valence-corrected chi connectivity index (χ2v) is 20.2. The zero-order chi connectivity index (χ0) is 40.3. The van der Waals surface area contributed by atoms with Gasteiger partial charge < -0.3 is 0 Å². The van der Waals surface area contributed by atoms with E-state index in [4.69, 9.17) is 0 Å². The fraction of sp³-hybridized carbons (Fsp3) is 0. The van der Waals surface area contributed by atoms with Gasteiger partial charge in [0.25, 0.3) is 0 Å². The van der Waals surface area contributed by atoms with Crippen LogP contribution < -0.4 is 20.7 Å². The maximum atomic E-state index is 2.46. The minimum atomic E-state index is -2.62. The highest BCUT2D eigenvalue weighted by Gasteiger charge is 2.41. The zero-order valence-electron chi connectivity index (χ0n) is 33.6. The Morgan fingerprint density at radius 2 is 0.607 bits per heavy atom. The van der Waals surface area contributed by atoms with Gasteiger partial charge in [0.2, 0.25) is 0 Å². The van der Waals surface area contributed by atoms with Gasteiger partial charge in [-0.05, 0) is 132 Å². The molecule has 0 aromatic heterocycles. The summed E-state index contributed by atoms with van der Waals surface area (Å²) in [6.45, 7) is 0. The van der Waals surface area contributed by atoms with Crippen LogP contribution in [0.4, 0.5) is 0 Å². The molecule has 0 atom stereocenters. The summed E-state index contributed by atoms with van der Waals surface area (Å²) < 4.78 is 0. The van der Waals surface area contributed by atoms with Crippen LogP contribution in [0.1, 0.15) is 0 Å².